The summed E-state index contributed by atoms with van der Waals surface area (Å²) in [5.74, 6) is 0. The zero-order valence-corrected chi connectivity index (χ0v) is 15.8. The molecule has 4 aromatic rings. The van der Waals surface area contributed by atoms with E-state index in [4.69, 9.17) is 0 Å². The van der Waals surface area contributed by atoms with Crippen LogP contribution in [0.5, 0.6) is 0 Å². The highest BCUT2D eigenvalue weighted by Crippen LogP contribution is 2.35. The highest BCUT2D eigenvalue weighted by atomic mass is 32.1. The lowest BCUT2D eigenvalue weighted by Crippen LogP contribution is -2.30. The van der Waals surface area contributed by atoms with Crippen LogP contribution in [0.3, 0.4) is 0 Å². The molecule has 5 rings (SSSR count). The van der Waals surface area contributed by atoms with Gasteiger partial charge in [-0.2, -0.15) is 0 Å². The average Bonchev–Trinajstić information content (AvgIpc) is 3.26. The molecule has 2 nitrogen and oxygen atoms in total. The summed E-state index contributed by atoms with van der Waals surface area (Å²) in [6.45, 7) is 3.57. The normalized spacial score (nSPS) is 14.9. The molecule has 0 aliphatic carbocycles. The third-order valence-electron chi connectivity index (χ3n) is 5.67. The fourth-order valence-electron chi connectivity index (χ4n) is 4.28. The van der Waals surface area contributed by atoms with Gasteiger partial charge in [0.1, 0.15) is 0 Å². The van der Waals surface area contributed by atoms with Crippen molar-refractivity contribution in [2.75, 3.05) is 13.1 Å². The second-order valence-corrected chi connectivity index (χ2v) is 8.48. The summed E-state index contributed by atoms with van der Waals surface area (Å²) in [4.78, 5) is 7.63. The van der Waals surface area contributed by atoms with Crippen LogP contribution in [0.4, 0.5) is 0 Å². The van der Waals surface area contributed by atoms with E-state index in [9.17, 15) is 0 Å². The number of nitrogens with zero attached hydrogens (tertiary/aromatic N) is 1. The zero-order chi connectivity index (χ0) is 17.3. The Labute approximate surface area is 158 Å². The molecule has 0 bridgehead atoms. The van der Waals surface area contributed by atoms with E-state index in [1.54, 1.807) is 10.4 Å². The van der Waals surface area contributed by atoms with Crippen molar-refractivity contribution in [2.24, 2.45) is 0 Å². The first-order chi connectivity index (χ1) is 12.9. The van der Waals surface area contributed by atoms with Gasteiger partial charge in [-0.3, -0.25) is 4.90 Å². The molecule has 0 amide bonds. The second kappa shape index (κ2) is 6.90. The first-order valence-electron chi connectivity index (χ1n) is 9.65. The van der Waals surface area contributed by atoms with Gasteiger partial charge in [-0.25, -0.2) is 0 Å². The number of thiophene rings is 1. The summed E-state index contributed by atoms with van der Waals surface area (Å²) in [5, 5.41) is 2.88. The second-order valence-electron chi connectivity index (χ2n) is 7.34. The van der Waals surface area contributed by atoms with E-state index in [2.05, 4.69) is 64.6 Å². The minimum absolute atomic E-state index is 1.14. The van der Waals surface area contributed by atoms with Crippen LogP contribution < -0.4 is 0 Å². The molecule has 132 valence electrons. The van der Waals surface area contributed by atoms with Crippen molar-refractivity contribution >= 4 is 32.3 Å². The number of hydrogen-bond acceptors (Lipinski definition) is 2. The number of aryl methyl sites for hydroxylation is 1. The third-order valence-corrected chi connectivity index (χ3v) is 6.87. The number of fused-ring (bicyclic) bond motifs is 4. The van der Waals surface area contributed by atoms with E-state index in [1.165, 1.54) is 65.3 Å². The minimum atomic E-state index is 1.14. The van der Waals surface area contributed by atoms with Gasteiger partial charge in [0.05, 0.1) is 0 Å². The fourth-order valence-corrected chi connectivity index (χ4v) is 5.58. The SMILES string of the molecule is c1ccc2c(CCCCN3CCc4c(sc5ccccc45)C3)c[nH]c2c1. The molecule has 1 aliphatic rings. The van der Waals surface area contributed by atoms with Gasteiger partial charge < -0.3 is 4.98 Å². The number of aromatic amines is 1. The predicted molar refractivity (Wildman–Crippen MR) is 112 cm³/mol. The van der Waals surface area contributed by atoms with Crippen LogP contribution in [-0.2, 0) is 19.4 Å². The molecule has 3 heterocycles. The predicted octanol–water partition coefficient (Wildman–Crippen LogP) is 5.76. The molecule has 0 fully saturated rings. The van der Waals surface area contributed by atoms with Crippen molar-refractivity contribution in [3.8, 4) is 0 Å². The van der Waals surface area contributed by atoms with Crippen molar-refractivity contribution in [2.45, 2.75) is 32.2 Å². The van der Waals surface area contributed by atoms with E-state index in [0.717, 1.165) is 6.54 Å². The molecule has 3 heteroatoms. The van der Waals surface area contributed by atoms with E-state index >= 15 is 0 Å². The molecule has 0 spiro atoms. The Morgan fingerprint density at radius 1 is 0.962 bits per heavy atom. The summed E-state index contributed by atoms with van der Waals surface area (Å²) >= 11 is 2.00. The Kier molecular flexibility index (Phi) is 4.27. The van der Waals surface area contributed by atoms with Gasteiger partial charge in [0.2, 0.25) is 0 Å². The van der Waals surface area contributed by atoms with Crippen LogP contribution in [0.2, 0.25) is 0 Å². The average molecular weight is 361 g/mol. The van der Waals surface area contributed by atoms with Gasteiger partial charge in [0, 0.05) is 39.8 Å². The molecule has 2 aromatic heterocycles. The quantitative estimate of drug-likeness (QED) is 0.448. The molecule has 1 aliphatic heterocycles. The Morgan fingerprint density at radius 3 is 2.77 bits per heavy atom. The van der Waals surface area contributed by atoms with Gasteiger partial charge in [-0.1, -0.05) is 36.4 Å². The van der Waals surface area contributed by atoms with Crippen LogP contribution in [-0.4, -0.2) is 23.0 Å². The number of hydrogen-bond donors (Lipinski definition) is 1. The standard InChI is InChI=1S/C23H24N2S/c1-3-10-21-18(8-1)17(15-24-21)7-5-6-13-25-14-12-20-19-9-2-4-11-22(19)26-23(20)16-25/h1-4,8-11,15,24H,5-7,12-14,16H2. The Balaban J connectivity index is 1.18. The summed E-state index contributed by atoms with van der Waals surface area (Å²) in [5.41, 5.74) is 4.34. The first-order valence-corrected chi connectivity index (χ1v) is 10.5. The maximum absolute atomic E-state index is 3.39. The smallest absolute Gasteiger partial charge is 0.0456 e. The summed E-state index contributed by atoms with van der Waals surface area (Å²) < 4.78 is 1.46. The number of rotatable bonds is 5. The molecule has 0 unspecified atom stereocenters. The molecule has 0 radical (unpaired) electrons. The molecule has 0 saturated carbocycles. The van der Waals surface area contributed by atoms with Gasteiger partial charge in [0.15, 0.2) is 0 Å². The Bertz CT molecular complexity index is 1040. The molecule has 0 saturated heterocycles. The zero-order valence-electron chi connectivity index (χ0n) is 15.0. The van der Waals surface area contributed by atoms with Crippen molar-refractivity contribution in [3.05, 3.63) is 70.7 Å². The number of para-hydroxylation sites is 1. The van der Waals surface area contributed by atoms with Gasteiger partial charge in [0.25, 0.3) is 0 Å². The molecule has 0 atom stereocenters. The molecular formula is C23H24N2S. The number of nitrogens with one attached hydrogen (secondary N) is 1. The highest BCUT2D eigenvalue weighted by Gasteiger charge is 2.20. The summed E-state index contributed by atoms with van der Waals surface area (Å²) in [6.07, 6.45) is 7.11. The van der Waals surface area contributed by atoms with E-state index in [-0.39, 0.29) is 0 Å². The van der Waals surface area contributed by atoms with E-state index in [1.807, 2.05) is 11.3 Å². The highest BCUT2D eigenvalue weighted by molar-refractivity contribution is 7.19. The Morgan fingerprint density at radius 2 is 1.81 bits per heavy atom. The minimum Gasteiger partial charge on any atom is -0.361 e. The van der Waals surface area contributed by atoms with Crippen LogP contribution in [0.25, 0.3) is 21.0 Å². The van der Waals surface area contributed by atoms with E-state index in [0.29, 0.717) is 0 Å². The van der Waals surface area contributed by atoms with Crippen LogP contribution in [0.15, 0.2) is 54.7 Å². The van der Waals surface area contributed by atoms with Crippen molar-refractivity contribution < 1.29 is 0 Å². The van der Waals surface area contributed by atoms with Crippen molar-refractivity contribution in [3.63, 3.8) is 0 Å². The largest absolute Gasteiger partial charge is 0.361 e. The third kappa shape index (κ3) is 2.95. The Hall–Kier alpha value is -2.10. The topological polar surface area (TPSA) is 19.0 Å². The van der Waals surface area contributed by atoms with Crippen molar-refractivity contribution in [1.29, 1.82) is 0 Å². The maximum atomic E-state index is 3.39. The molecule has 2 aromatic carbocycles. The lowest BCUT2D eigenvalue weighted by molar-refractivity contribution is 0.253. The van der Waals surface area contributed by atoms with Crippen LogP contribution >= 0.6 is 11.3 Å². The summed E-state index contributed by atoms with van der Waals surface area (Å²) in [6, 6.07) is 17.5. The summed E-state index contributed by atoms with van der Waals surface area (Å²) in [7, 11) is 0. The van der Waals surface area contributed by atoms with Gasteiger partial charge in [-0.05, 0) is 60.9 Å². The maximum Gasteiger partial charge on any atom is 0.0456 e. The number of unbranched alkanes of at least 4 members (excludes halogenated alkanes) is 1. The molecule has 1 N–H and O–H groups in total. The van der Waals surface area contributed by atoms with Crippen LogP contribution in [0, 0.1) is 0 Å². The lowest BCUT2D eigenvalue weighted by atomic mass is 10.0. The number of aromatic nitrogens is 1. The number of H-pyrrole nitrogens is 1. The van der Waals surface area contributed by atoms with Crippen LogP contribution in [0.1, 0.15) is 28.8 Å². The van der Waals surface area contributed by atoms with E-state index < -0.39 is 0 Å². The van der Waals surface area contributed by atoms with Gasteiger partial charge in [-0.15, -0.1) is 11.3 Å². The monoisotopic (exact) mass is 360 g/mol. The van der Waals surface area contributed by atoms with Crippen molar-refractivity contribution in [1.82, 2.24) is 9.88 Å². The lowest BCUT2D eigenvalue weighted by Gasteiger charge is -2.26. The fraction of sp³-hybridized carbons (Fsp3) is 0.304. The molecular weight excluding hydrogens is 336 g/mol. The number of benzene rings is 2. The first kappa shape index (κ1) is 16.1. The van der Waals surface area contributed by atoms with Gasteiger partial charge >= 0.3 is 0 Å². The molecule has 26 heavy (non-hydrogen) atoms.